The van der Waals surface area contributed by atoms with Gasteiger partial charge < -0.3 is 5.32 Å². The Hall–Kier alpha value is -2.60. The summed E-state index contributed by atoms with van der Waals surface area (Å²) >= 11 is 0. The molecule has 1 unspecified atom stereocenters. The van der Waals surface area contributed by atoms with E-state index in [0.29, 0.717) is 0 Å². The summed E-state index contributed by atoms with van der Waals surface area (Å²) in [5.74, 6) is 7.00. The third-order valence-corrected chi connectivity index (χ3v) is 4.12. The third kappa shape index (κ3) is 4.70. The molecule has 0 saturated heterocycles. The second-order valence-corrected chi connectivity index (χ2v) is 6.50. The Morgan fingerprint density at radius 1 is 1.21 bits per heavy atom. The molecular weight excluding hydrogens is 296 g/mol. The van der Waals surface area contributed by atoms with Crippen molar-refractivity contribution in [3.63, 3.8) is 0 Å². The highest BCUT2D eigenvalue weighted by Gasteiger charge is 2.23. The summed E-state index contributed by atoms with van der Waals surface area (Å²) in [5, 5.41) is 2.89. The van der Waals surface area contributed by atoms with Gasteiger partial charge >= 0.3 is 0 Å². The van der Waals surface area contributed by atoms with Crippen LogP contribution in [0.25, 0.3) is 0 Å². The van der Waals surface area contributed by atoms with Crippen LogP contribution in [-0.4, -0.2) is 16.9 Å². The predicted molar refractivity (Wildman–Crippen MR) is 95.6 cm³/mol. The number of nitrogens with one attached hydrogen (secondary N) is 1. The van der Waals surface area contributed by atoms with Gasteiger partial charge in [-0.15, -0.1) is 0 Å². The number of benzene rings is 1. The third-order valence-electron chi connectivity index (χ3n) is 4.12. The lowest BCUT2D eigenvalue weighted by Crippen LogP contribution is -2.31. The molecule has 1 aliphatic carbocycles. The largest absolute Gasteiger partial charge is 0.354 e. The van der Waals surface area contributed by atoms with Crippen molar-refractivity contribution in [3.05, 3.63) is 65.0 Å². The molecule has 3 rings (SSSR count). The van der Waals surface area contributed by atoms with E-state index in [4.69, 9.17) is 0 Å². The van der Waals surface area contributed by atoms with Gasteiger partial charge in [0.05, 0.1) is 0 Å². The number of hydrogen-bond acceptors (Lipinski definition) is 2. The van der Waals surface area contributed by atoms with Gasteiger partial charge in [-0.2, -0.15) is 0 Å². The van der Waals surface area contributed by atoms with Crippen LogP contribution in [0.2, 0.25) is 0 Å². The molecule has 0 radical (unpaired) electrons. The van der Waals surface area contributed by atoms with E-state index >= 15 is 0 Å². The van der Waals surface area contributed by atoms with Crippen LogP contribution < -0.4 is 5.32 Å². The Kier molecular flexibility index (Phi) is 4.96. The van der Waals surface area contributed by atoms with Crippen LogP contribution in [0.1, 0.15) is 55.0 Å². The van der Waals surface area contributed by atoms with Gasteiger partial charge in [-0.05, 0) is 67.4 Å². The monoisotopic (exact) mass is 318 g/mol. The molecule has 0 bridgehead atoms. The number of rotatable bonds is 4. The maximum Gasteiger partial charge on any atom is 0.217 e. The molecule has 0 spiro atoms. The summed E-state index contributed by atoms with van der Waals surface area (Å²) < 4.78 is 0. The molecule has 1 aromatic carbocycles. The van der Waals surface area contributed by atoms with Crippen molar-refractivity contribution in [1.29, 1.82) is 0 Å². The molecule has 1 N–H and O–H groups in total. The van der Waals surface area contributed by atoms with Crippen LogP contribution in [-0.2, 0) is 11.2 Å². The number of nitrogens with zero attached hydrogens (tertiary/aromatic N) is 1. The lowest BCUT2D eigenvalue weighted by atomic mass is 10.1. The SMILES string of the molecule is CC(=O)NC(C)Cc1ccc(C#Cc2ccc(C3CC3)cn2)cc1. The first kappa shape index (κ1) is 16.3. The van der Waals surface area contributed by atoms with E-state index < -0.39 is 0 Å². The quantitative estimate of drug-likeness (QED) is 0.878. The van der Waals surface area contributed by atoms with Crippen LogP contribution >= 0.6 is 0 Å². The summed E-state index contributed by atoms with van der Waals surface area (Å²) in [4.78, 5) is 15.5. The minimum atomic E-state index is 0.00481. The van der Waals surface area contributed by atoms with Gasteiger partial charge in [-0.25, -0.2) is 4.98 Å². The molecule has 2 aromatic rings. The zero-order valence-electron chi connectivity index (χ0n) is 14.2. The van der Waals surface area contributed by atoms with Crippen molar-refractivity contribution >= 4 is 5.91 Å². The minimum Gasteiger partial charge on any atom is -0.354 e. The molecule has 1 amide bonds. The molecule has 0 aliphatic heterocycles. The number of aromatic nitrogens is 1. The second kappa shape index (κ2) is 7.31. The van der Waals surface area contributed by atoms with Crippen molar-refractivity contribution < 1.29 is 4.79 Å². The fourth-order valence-electron chi connectivity index (χ4n) is 2.75. The normalized spacial score (nSPS) is 14.4. The van der Waals surface area contributed by atoms with Gasteiger partial charge in [0.25, 0.3) is 0 Å². The Morgan fingerprint density at radius 2 is 1.96 bits per heavy atom. The highest BCUT2D eigenvalue weighted by Crippen LogP contribution is 2.39. The van der Waals surface area contributed by atoms with E-state index in [-0.39, 0.29) is 11.9 Å². The molecule has 1 atom stereocenters. The van der Waals surface area contributed by atoms with Crippen LogP contribution in [0.5, 0.6) is 0 Å². The van der Waals surface area contributed by atoms with E-state index in [1.54, 1.807) is 6.92 Å². The molecule has 1 fully saturated rings. The summed E-state index contributed by atoms with van der Waals surface area (Å²) in [5.41, 5.74) is 4.30. The Labute approximate surface area is 143 Å². The predicted octanol–water partition coefficient (Wildman–Crippen LogP) is 3.43. The number of hydrogen-bond donors (Lipinski definition) is 1. The Balaban J connectivity index is 1.60. The van der Waals surface area contributed by atoms with Crippen molar-refractivity contribution in [1.82, 2.24) is 10.3 Å². The number of amides is 1. The average molecular weight is 318 g/mol. The molecule has 1 saturated carbocycles. The fraction of sp³-hybridized carbons (Fsp3) is 0.333. The molecule has 24 heavy (non-hydrogen) atoms. The zero-order valence-corrected chi connectivity index (χ0v) is 14.2. The summed E-state index contributed by atoms with van der Waals surface area (Å²) in [6.45, 7) is 3.55. The molecule has 1 heterocycles. The highest BCUT2D eigenvalue weighted by atomic mass is 16.1. The Bertz CT molecular complexity index is 762. The standard InChI is InChI=1S/C21H22N2O/c1-15(23-16(2)24)13-18-5-3-17(4-6-18)7-11-21-12-10-20(14-22-21)19-8-9-19/h3-6,10,12,14-15,19H,8-9,13H2,1-2H3,(H,23,24). The lowest BCUT2D eigenvalue weighted by Gasteiger charge is -2.12. The fourth-order valence-corrected chi connectivity index (χ4v) is 2.75. The maximum atomic E-state index is 11.0. The smallest absolute Gasteiger partial charge is 0.217 e. The number of carbonyl (C=O) groups excluding carboxylic acids is 1. The van der Waals surface area contributed by atoms with Gasteiger partial charge in [0.15, 0.2) is 0 Å². The molecule has 122 valence electrons. The zero-order chi connectivity index (χ0) is 16.9. The van der Waals surface area contributed by atoms with Crippen LogP contribution in [0.4, 0.5) is 0 Å². The van der Waals surface area contributed by atoms with Gasteiger partial charge in [-0.3, -0.25) is 4.79 Å². The number of pyridine rings is 1. The van der Waals surface area contributed by atoms with E-state index in [1.807, 2.05) is 31.3 Å². The molecule has 3 heteroatoms. The van der Waals surface area contributed by atoms with E-state index in [0.717, 1.165) is 23.6 Å². The topological polar surface area (TPSA) is 42.0 Å². The lowest BCUT2D eigenvalue weighted by molar-refractivity contribution is -0.119. The first-order chi connectivity index (χ1) is 11.6. The van der Waals surface area contributed by atoms with Crippen molar-refractivity contribution in [2.75, 3.05) is 0 Å². The highest BCUT2D eigenvalue weighted by molar-refractivity contribution is 5.73. The minimum absolute atomic E-state index is 0.00481. The molecule has 1 aromatic heterocycles. The van der Waals surface area contributed by atoms with Crippen LogP contribution in [0.3, 0.4) is 0 Å². The first-order valence-electron chi connectivity index (χ1n) is 8.44. The molecule has 1 aliphatic rings. The molecular formula is C21H22N2O. The summed E-state index contributed by atoms with van der Waals surface area (Å²) in [7, 11) is 0. The van der Waals surface area contributed by atoms with Crippen molar-refractivity contribution in [2.24, 2.45) is 0 Å². The summed E-state index contributed by atoms with van der Waals surface area (Å²) in [6.07, 6.45) is 5.35. The van der Waals surface area contributed by atoms with E-state index in [9.17, 15) is 4.79 Å². The van der Waals surface area contributed by atoms with Crippen LogP contribution in [0, 0.1) is 11.8 Å². The van der Waals surface area contributed by atoms with E-state index in [2.05, 4.69) is 40.3 Å². The maximum absolute atomic E-state index is 11.0. The van der Waals surface area contributed by atoms with Crippen molar-refractivity contribution in [3.8, 4) is 11.8 Å². The number of carbonyl (C=O) groups is 1. The van der Waals surface area contributed by atoms with E-state index in [1.165, 1.54) is 24.0 Å². The molecule has 3 nitrogen and oxygen atoms in total. The van der Waals surface area contributed by atoms with Crippen molar-refractivity contribution in [2.45, 2.75) is 45.1 Å². The second-order valence-electron chi connectivity index (χ2n) is 6.50. The average Bonchev–Trinajstić information content (AvgIpc) is 3.39. The first-order valence-corrected chi connectivity index (χ1v) is 8.44. The van der Waals surface area contributed by atoms with Gasteiger partial charge in [0, 0.05) is 24.7 Å². The summed E-state index contributed by atoms with van der Waals surface area (Å²) in [6, 6.07) is 12.4. The van der Waals surface area contributed by atoms with Gasteiger partial charge in [0.1, 0.15) is 5.69 Å². The van der Waals surface area contributed by atoms with Crippen LogP contribution in [0.15, 0.2) is 42.6 Å². The van der Waals surface area contributed by atoms with Gasteiger partial charge in [0.2, 0.25) is 5.91 Å². The van der Waals surface area contributed by atoms with Gasteiger partial charge in [-0.1, -0.05) is 24.1 Å². The Morgan fingerprint density at radius 3 is 2.54 bits per heavy atom.